The Morgan fingerprint density at radius 2 is 2.22 bits per heavy atom. The maximum atomic E-state index is 9.77. The highest BCUT2D eigenvalue weighted by Crippen LogP contribution is 2.32. The van der Waals surface area contributed by atoms with E-state index in [9.17, 15) is 5.11 Å². The van der Waals surface area contributed by atoms with Gasteiger partial charge in [0, 0.05) is 0 Å². The van der Waals surface area contributed by atoms with Crippen LogP contribution in [0.1, 0.15) is 31.7 Å². The number of fused-ring (bicyclic) bond motifs is 1. The molecule has 0 amide bonds. The molecule has 1 saturated carbocycles. The second-order valence-electron chi connectivity index (χ2n) is 4.67. The first-order valence-corrected chi connectivity index (χ1v) is 7.07. The van der Waals surface area contributed by atoms with Gasteiger partial charge in [-0.25, -0.2) is 14.6 Å². The van der Waals surface area contributed by atoms with Crippen LogP contribution in [0.25, 0.3) is 11.0 Å². The third-order valence-electron chi connectivity index (χ3n) is 3.44. The number of anilines is 1. The fraction of sp³-hybridized carbons (Fsp3) is 0.545. The predicted molar refractivity (Wildman–Crippen MR) is 76.0 cm³/mol. The van der Waals surface area contributed by atoms with Crippen molar-refractivity contribution < 1.29 is 5.11 Å². The molecule has 3 N–H and O–H groups in total. The summed E-state index contributed by atoms with van der Waals surface area (Å²) in [5.74, 6) is 0.465. The summed E-state index contributed by atoms with van der Waals surface area (Å²) in [7, 11) is 0. The predicted octanol–water partition coefficient (Wildman–Crippen LogP) is 1.49. The zero-order valence-electron chi connectivity index (χ0n) is 9.75. The Balaban J connectivity index is 2.09. The van der Waals surface area contributed by atoms with Crippen LogP contribution in [0, 0.1) is 3.70 Å². The molecular formula is C11H14IN5O. The van der Waals surface area contributed by atoms with Gasteiger partial charge in [0.1, 0.15) is 15.8 Å². The Morgan fingerprint density at radius 1 is 1.39 bits per heavy atom. The lowest BCUT2D eigenvalue weighted by Crippen LogP contribution is -2.23. The molecule has 0 spiro atoms. The first kappa shape index (κ1) is 12.1. The molecule has 1 aliphatic carbocycles. The van der Waals surface area contributed by atoms with Crippen molar-refractivity contribution in [2.24, 2.45) is 0 Å². The van der Waals surface area contributed by atoms with E-state index in [1.807, 2.05) is 4.68 Å². The van der Waals surface area contributed by atoms with Gasteiger partial charge in [-0.1, -0.05) is 0 Å². The first-order chi connectivity index (χ1) is 8.66. The molecule has 3 rings (SSSR count). The molecule has 0 aromatic carbocycles. The van der Waals surface area contributed by atoms with Crippen molar-refractivity contribution in [2.45, 2.75) is 37.8 Å². The molecule has 2 atom stereocenters. The van der Waals surface area contributed by atoms with Crippen LogP contribution in [0.4, 0.5) is 5.82 Å². The number of hydrogen-bond acceptors (Lipinski definition) is 5. The summed E-state index contributed by atoms with van der Waals surface area (Å²) in [5.41, 5.74) is 6.64. The van der Waals surface area contributed by atoms with Gasteiger partial charge in [-0.15, -0.1) is 0 Å². The van der Waals surface area contributed by atoms with E-state index in [0.29, 0.717) is 5.82 Å². The van der Waals surface area contributed by atoms with Crippen LogP contribution in [-0.4, -0.2) is 31.0 Å². The molecule has 1 aliphatic rings. The average Bonchev–Trinajstić information content (AvgIpc) is 2.68. The van der Waals surface area contributed by atoms with E-state index in [-0.39, 0.29) is 12.1 Å². The number of nitrogens with two attached hydrogens (primary N) is 1. The highest BCUT2D eigenvalue weighted by Gasteiger charge is 2.25. The van der Waals surface area contributed by atoms with Gasteiger partial charge < -0.3 is 10.8 Å². The lowest BCUT2D eigenvalue weighted by molar-refractivity contribution is 0.101. The third kappa shape index (κ3) is 1.95. The van der Waals surface area contributed by atoms with Crippen LogP contribution in [0.3, 0.4) is 0 Å². The first-order valence-electron chi connectivity index (χ1n) is 5.99. The largest absolute Gasteiger partial charge is 0.393 e. The van der Waals surface area contributed by atoms with Crippen LogP contribution >= 0.6 is 22.6 Å². The van der Waals surface area contributed by atoms with E-state index in [0.717, 1.165) is 40.4 Å². The normalized spacial score (nSPS) is 24.6. The van der Waals surface area contributed by atoms with Crippen LogP contribution in [0.15, 0.2) is 6.33 Å². The van der Waals surface area contributed by atoms with Crippen LogP contribution in [-0.2, 0) is 0 Å². The summed E-state index contributed by atoms with van der Waals surface area (Å²) in [6.45, 7) is 0. The topological polar surface area (TPSA) is 89.9 Å². The standard InChI is InChI=1S/C11H14IN5O/c12-9-8-10(13)14-5-15-11(8)17(16-9)6-2-1-3-7(18)4-6/h5-7,18H,1-4H2,(H2,13,14,15). The molecule has 2 heterocycles. The third-order valence-corrected chi connectivity index (χ3v) is 4.20. The van der Waals surface area contributed by atoms with Crippen molar-refractivity contribution in [2.75, 3.05) is 5.73 Å². The Bertz CT molecular complexity index is 584. The molecule has 6 nitrogen and oxygen atoms in total. The van der Waals surface area contributed by atoms with Crippen LogP contribution < -0.4 is 5.73 Å². The van der Waals surface area contributed by atoms with E-state index < -0.39 is 0 Å². The van der Waals surface area contributed by atoms with Gasteiger partial charge in [0.2, 0.25) is 0 Å². The number of hydrogen-bond donors (Lipinski definition) is 2. The molecule has 0 aliphatic heterocycles. The minimum Gasteiger partial charge on any atom is -0.393 e. The zero-order chi connectivity index (χ0) is 12.7. The summed E-state index contributed by atoms with van der Waals surface area (Å²) in [5, 5.41) is 15.1. The van der Waals surface area contributed by atoms with Crippen molar-refractivity contribution >= 4 is 39.4 Å². The average molecular weight is 359 g/mol. The van der Waals surface area contributed by atoms with Crippen molar-refractivity contribution in [3.05, 3.63) is 10.0 Å². The fourth-order valence-corrected chi connectivity index (χ4v) is 3.32. The smallest absolute Gasteiger partial charge is 0.164 e. The van der Waals surface area contributed by atoms with Crippen molar-refractivity contribution in [1.82, 2.24) is 19.7 Å². The highest BCUT2D eigenvalue weighted by molar-refractivity contribution is 14.1. The number of rotatable bonds is 1. The van der Waals surface area contributed by atoms with E-state index >= 15 is 0 Å². The lowest BCUT2D eigenvalue weighted by Gasteiger charge is -2.26. The second-order valence-corrected chi connectivity index (χ2v) is 5.69. The fourth-order valence-electron chi connectivity index (χ4n) is 2.57. The quantitative estimate of drug-likeness (QED) is 0.753. The molecule has 0 radical (unpaired) electrons. The lowest BCUT2D eigenvalue weighted by atomic mass is 9.93. The molecule has 0 bridgehead atoms. The second kappa shape index (κ2) is 4.61. The minimum absolute atomic E-state index is 0.203. The van der Waals surface area contributed by atoms with Crippen molar-refractivity contribution in [3.63, 3.8) is 0 Å². The number of aliphatic hydroxyl groups is 1. The van der Waals surface area contributed by atoms with Crippen LogP contribution in [0.2, 0.25) is 0 Å². The molecule has 2 unspecified atom stereocenters. The minimum atomic E-state index is -0.236. The van der Waals surface area contributed by atoms with Crippen LogP contribution in [0.5, 0.6) is 0 Å². The zero-order valence-corrected chi connectivity index (χ0v) is 11.9. The number of aromatic nitrogens is 4. The Kier molecular flexibility index (Phi) is 3.10. The Labute approximate surface area is 118 Å². The summed E-state index contributed by atoms with van der Waals surface area (Å²) < 4.78 is 2.72. The Morgan fingerprint density at radius 3 is 3.00 bits per heavy atom. The number of aliphatic hydroxyl groups excluding tert-OH is 1. The number of halogens is 1. The highest BCUT2D eigenvalue weighted by atomic mass is 127. The Hall–Kier alpha value is -0.960. The monoisotopic (exact) mass is 359 g/mol. The van der Waals surface area contributed by atoms with Gasteiger partial charge in [-0.05, 0) is 48.3 Å². The molecule has 2 aromatic rings. The summed E-state index contributed by atoms with van der Waals surface area (Å²) in [4.78, 5) is 8.29. The van der Waals surface area contributed by atoms with E-state index in [2.05, 4.69) is 37.7 Å². The van der Waals surface area contributed by atoms with Gasteiger partial charge in [0.05, 0.1) is 17.5 Å². The van der Waals surface area contributed by atoms with Gasteiger partial charge in [0.25, 0.3) is 0 Å². The SMILES string of the molecule is Nc1ncnc2c1c(I)nn2C1CCCC(O)C1. The maximum absolute atomic E-state index is 9.77. The van der Waals surface area contributed by atoms with E-state index in [1.54, 1.807) is 0 Å². The van der Waals surface area contributed by atoms with Gasteiger partial charge in [0.15, 0.2) is 5.65 Å². The molecule has 0 saturated heterocycles. The van der Waals surface area contributed by atoms with Gasteiger partial charge in [-0.3, -0.25) is 0 Å². The molecule has 2 aromatic heterocycles. The molecule has 7 heteroatoms. The van der Waals surface area contributed by atoms with Gasteiger partial charge >= 0.3 is 0 Å². The van der Waals surface area contributed by atoms with E-state index in [4.69, 9.17) is 5.73 Å². The molecule has 18 heavy (non-hydrogen) atoms. The summed E-state index contributed by atoms with van der Waals surface area (Å²) in [6.07, 6.45) is 4.88. The molecule has 96 valence electrons. The molecular weight excluding hydrogens is 345 g/mol. The number of nitrogens with zero attached hydrogens (tertiary/aromatic N) is 4. The maximum Gasteiger partial charge on any atom is 0.164 e. The number of nitrogen functional groups attached to an aromatic ring is 1. The van der Waals surface area contributed by atoms with Gasteiger partial charge in [-0.2, -0.15) is 5.10 Å². The van der Waals surface area contributed by atoms with Crippen molar-refractivity contribution in [1.29, 1.82) is 0 Å². The van der Waals surface area contributed by atoms with E-state index in [1.165, 1.54) is 6.33 Å². The van der Waals surface area contributed by atoms with Crippen molar-refractivity contribution in [3.8, 4) is 0 Å². The molecule has 1 fully saturated rings. The summed E-state index contributed by atoms with van der Waals surface area (Å²) >= 11 is 2.15. The summed E-state index contributed by atoms with van der Waals surface area (Å²) in [6, 6.07) is 0.203.